The van der Waals surface area contributed by atoms with E-state index in [4.69, 9.17) is 15.2 Å². The van der Waals surface area contributed by atoms with Crippen LogP contribution in [0.2, 0.25) is 0 Å². The molecule has 220 valence electrons. The molecule has 1 saturated heterocycles. The predicted octanol–water partition coefficient (Wildman–Crippen LogP) is 3.86. The minimum Gasteiger partial charge on any atom is -0.393 e. The molecule has 0 unspecified atom stereocenters. The molecule has 0 radical (unpaired) electrons. The van der Waals surface area contributed by atoms with Crippen molar-refractivity contribution in [3.63, 3.8) is 0 Å². The standard InChI is InChI=1S/C34H38N2O6/c1-32-12-11-23(38)15-22(32)9-10-24-25-16-28-34(27(40)18-37,33(25,2)17-26(39)29(24)32)42-31(41-28)20-7-5-19(6-8-20)14-21-4-3-13-36-30(21)35/h3-8,11-13,15,24-26,28-29,31,37,39H,9-10,14,16-18H2,1-2H3,(H2,35,36)/t24-,25-,26-,28+,29+,31+,32-,33-,34+/m0/s1. The summed E-state index contributed by atoms with van der Waals surface area (Å²) >= 11 is 0. The van der Waals surface area contributed by atoms with E-state index in [2.05, 4.69) is 11.9 Å². The Morgan fingerprint density at radius 2 is 1.98 bits per heavy atom. The summed E-state index contributed by atoms with van der Waals surface area (Å²) in [5.74, 6) is 0.230. The van der Waals surface area contributed by atoms with Gasteiger partial charge in [-0.2, -0.15) is 0 Å². The lowest BCUT2D eigenvalue weighted by atomic mass is 9.46. The first-order chi connectivity index (χ1) is 20.1. The summed E-state index contributed by atoms with van der Waals surface area (Å²) in [6.07, 6.45) is 8.23. The number of nitrogens with two attached hydrogens (primary N) is 1. The SMILES string of the molecule is C[C@]12C=CC(=O)C=C1CC[C@@H]1[C@@H]2[C@@H](O)C[C@@]2(C)[C@H]1C[C@H]1O[C@@H](c3ccc(Cc4cccnc4N)cc3)O[C@]12C(=O)CO. The van der Waals surface area contributed by atoms with E-state index in [1.807, 2.05) is 49.4 Å². The Morgan fingerprint density at radius 3 is 2.71 bits per heavy atom. The second-order valence-electron chi connectivity index (χ2n) is 13.3. The maximum atomic E-state index is 13.7. The average Bonchev–Trinajstić information content (AvgIpc) is 3.47. The van der Waals surface area contributed by atoms with Crippen molar-refractivity contribution >= 4 is 17.4 Å². The molecule has 0 bridgehead atoms. The molecule has 4 aliphatic carbocycles. The number of aliphatic hydroxyl groups excluding tert-OH is 2. The molecule has 0 spiro atoms. The van der Waals surface area contributed by atoms with Gasteiger partial charge in [-0.05, 0) is 66.9 Å². The number of pyridine rings is 1. The summed E-state index contributed by atoms with van der Waals surface area (Å²) in [6.45, 7) is 3.52. The van der Waals surface area contributed by atoms with Crippen LogP contribution in [0.5, 0.6) is 0 Å². The lowest BCUT2D eigenvalue weighted by Gasteiger charge is -2.59. The third-order valence-corrected chi connectivity index (χ3v) is 11.4. The Hall–Kier alpha value is -3.17. The molecular formula is C34H38N2O6. The monoisotopic (exact) mass is 570 g/mol. The van der Waals surface area contributed by atoms with Crippen LogP contribution in [-0.2, 0) is 25.5 Å². The second-order valence-corrected chi connectivity index (χ2v) is 13.3. The molecule has 8 heteroatoms. The van der Waals surface area contributed by atoms with E-state index in [-0.39, 0.29) is 29.3 Å². The number of anilines is 1. The largest absolute Gasteiger partial charge is 0.393 e. The number of benzene rings is 1. The van der Waals surface area contributed by atoms with Gasteiger partial charge in [0.25, 0.3) is 0 Å². The van der Waals surface area contributed by atoms with Gasteiger partial charge in [0.15, 0.2) is 23.5 Å². The van der Waals surface area contributed by atoms with E-state index in [1.165, 1.54) is 0 Å². The van der Waals surface area contributed by atoms with Gasteiger partial charge in [0, 0.05) is 34.9 Å². The van der Waals surface area contributed by atoms with Crippen molar-refractivity contribution in [3.05, 3.63) is 83.1 Å². The smallest absolute Gasteiger partial charge is 0.193 e. The number of nitrogens with zero attached hydrogens (tertiary/aromatic N) is 1. The van der Waals surface area contributed by atoms with Crippen LogP contribution in [0.15, 0.2) is 66.4 Å². The first-order valence-electron chi connectivity index (χ1n) is 15.0. The number of Topliss-reactive ketones (excluding diaryl/α,β-unsaturated/α-hetero) is 1. The molecule has 7 rings (SSSR count). The van der Waals surface area contributed by atoms with Crippen LogP contribution < -0.4 is 5.73 Å². The normalized spacial score (nSPS) is 40.1. The lowest BCUT2D eigenvalue weighted by molar-refractivity contribution is -0.201. The highest BCUT2D eigenvalue weighted by Gasteiger charge is 2.75. The molecule has 2 heterocycles. The van der Waals surface area contributed by atoms with Crippen molar-refractivity contribution in [1.29, 1.82) is 0 Å². The van der Waals surface area contributed by atoms with Gasteiger partial charge < -0.3 is 25.4 Å². The molecule has 3 saturated carbocycles. The fraction of sp³-hybridized carbons (Fsp3) is 0.500. The Balaban J connectivity index is 1.18. The fourth-order valence-corrected chi connectivity index (χ4v) is 9.45. The zero-order valence-corrected chi connectivity index (χ0v) is 24.0. The Morgan fingerprint density at radius 1 is 1.19 bits per heavy atom. The van der Waals surface area contributed by atoms with Crippen LogP contribution in [0.25, 0.3) is 0 Å². The molecule has 2 aromatic rings. The number of rotatable bonds is 5. The number of hydrogen-bond donors (Lipinski definition) is 3. The van der Waals surface area contributed by atoms with Crippen LogP contribution >= 0.6 is 0 Å². The van der Waals surface area contributed by atoms with Crippen molar-refractivity contribution in [2.75, 3.05) is 12.3 Å². The molecule has 1 aromatic heterocycles. The molecule has 42 heavy (non-hydrogen) atoms. The predicted molar refractivity (Wildman–Crippen MR) is 155 cm³/mol. The van der Waals surface area contributed by atoms with E-state index in [1.54, 1.807) is 18.3 Å². The van der Waals surface area contributed by atoms with E-state index in [9.17, 15) is 19.8 Å². The quantitative estimate of drug-likeness (QED) is 0.494. The van der Waals surface area contributed by atoms with Crippen molar-refractivity contribution < 1.29 is 29.3 Å². The summed E-state index contributed by atoms with van der Waals surface area (Å²) < 4.78 is 13.2. The molecule has 1 aromatic carbocycles. The topological polar surface area (TPSA) is 132 Å². The lowest BCUT2D eigenvalue weighted by Crippen LogP contribution is -2.63. The zero-order chi connectivity index (χ0) is 29.4. The summed E-state index contributed by atoms with van der Waals surface area (Å²) in [6, 6.07) is 11.7. The van der Waals surface area contributed by atoms with Gasteiger partial charge in [-0.3, -0.25) is 9.59 Å². The number of nitrogen functional groups attached to an aromatic ring is 1. The summed E-state index contributed by atoms with van der Waals surface area (Å²) in [5.41, 5.74) is 7.42. The van der Waals surface area contributed by atoms with E-state index < -0.39 is 41.5 Å². The molecular weight excluding hydrogens is 532 g/mol. The van der Waals surface area contributed by atoms with Crippen molar-refractivity contribution in [2.45, 2.75) is 70.1 Å². The third-order valence-electron chi connectivity index (χ3n) is 11.4. The van der Waals surface area contributed by atoms with Crippen molar-refractivity contribution in [1.82, 2.24) is 4.98 Å². The van der Waals surface area contributed by atoms with Crippen LogP contribution in [0.1, 0.15) is 62.5 Å². The molecule has 0 amide bonds. The van der Waals surface area contributed by atoms with Gasteiger partial charge in [-0.25, -0.2) is 4.98 Å². The fourth-order valence-electron chi connectivity index (χ4n) is 9.45. The minimum absolute atomic E-state index is 0.000959. The van der Waals surface area contributed by atoms with Crippen molar-refractivity contribution in [3.8, 4) is 0 Å². The second kappa shape index (κ2) is 9.67. The number of carbonyl (C=O) groups is 2. The Kier molecular flexibility index (Phi) is 6.37. The maximum Gasteiger partial charge on any atom is 0.193 e. The minimum atomic E-state index is -1.36. The Bertz CT molecular complexity index is 1500. The number of hydrogen-bond acceptors (Lipinski definition) is 8. The molecule has 4 N–H and O–H groups in total. The zero-order valence-electron chi connectivity index (χ0n) is 24.0. The van der Waals surface area contributed by atoms with Crippen molar-refractivity contribution in [2.24, 2.45) is 28.6 Å². The number of allylic oxidation sites excluding steroid dienone is 4. The van der Waals surface area contributed by atoms with E-state index in [0.29, 0.717) is 25.1 Å². The molecule has 4 fully saturated rings. The van der Waals surface area contributed by atoms with Gasteiger partial charge >= 0.3 is 0 Å². The highest BCUT2D eigenvalue weighted by atomic mass is 16.7. The average molecular weight is 571 g/mol. The van der Waals surface area contributed by atoms with Gasteiger partial charge in [-0.15, -0.1) is 0 Å². The summed E-state index contributed by atoms with van der Waals surface area (Å²) in [7, 11) is 0. The molecule has 8 nitrogen and oxygen atoms in total. The highest BCUT2D eigenvalue weighted by Crippen LogP contribution is 2.70. The van der Waals surface area contributed by atoms with Gasteiger partial charge in [0.05, 0.1) is 12.2 Å². The first-order valence-corrected chi connectivity index (χ1v) is 15.0. The van der Waals surface area contributed by atoms with Crippen LogP contribution in [0.3, 0.4) is 0 Å². The van der Waals surface area contributed by atoms with Gasteiger partial charge in [0.2, 0.25) is 0 Å². The van der Waals surface area contributed by atoms with Gasteiger partial charge in [-0.1, -0.05) is 55.8 Å². The summed E-state index contributed by atoms with van der Waals surface area (Å²) in [4.78, 5) is 30.0. The number of fused-ring (bicyclic) bond motifs is 7. The first kappa shape index (κ1) is 27.7. The summed E-state index contributed by atoms with van der Waals surface area (Å²) in [5, 5.41) is 22.0. The molecule has 1 aliphatic heterocycles. The highest BCUT2D eigenvalue weighted by molar-refractivity contribution is 6.01. The van der Waals surface area contributed by atoms with Crippen LogP contribution in [0, 0.1) is 28.6 Å². The number of aromatic nitrogens is 1. The number of aliphatic hydroxyl groups is 2. The van der Waals surface area contributed by atoms with Crippen LogP contribution in [-0.4, -0.2) is 51.2 Å². The van der Waals surface area contributed by atoms with E-state index >= 15 is 0 Å². The molecule has 5 aliphatic rings. The van der Waals surface area contributed by atoms with Gasteiger partial charge in [0.1, 0.15) is 12.4 Å². The molecule has 9 atom stereocenters. The Labute approximate surface area is 245 Å². The van der Waals surface area contributed by atoms with E-state index in [0.717, 1.165) is 35.1 Å². The number of ether oxygens (including phenoxy) is 2. The number of carbonyl (C=O) groups excluding carboxylic acids is 2. The maximum absolute atomic E-state index is 13.7. The van der Waals surface area contributed by atoms with Crippen LogP contribution in [0.4, 0.5) is 5.82 Å². The third kappa shape index (κ3) is 3.78. The number of ketones is 2.